The highest BCUT2D eigenvalue weighted by molar-refractivity contribution is 7.92. The molecule has 0 aromatic heterocycles. The predicted octanol–water partition coefficient (Wildman–Crippen LogP) is 1.36. The second-order valence-electron chi connectivity index (χ2n) is 5.74. The second kappa shape index (κ2) is 8.11. The normalized spacial score (nSPS) is 13.6. The lowest BCUT2D eigenvalue weighted by molar-refractivity contribution is -0.140. The van der Waals surface area contributed by atoms with E-state index in [1.807, 2.05) is 9.44 Å². The van der Waals surface area contributed by atoms with Gasteiger partial charge in [-0.3, -0.25) is 9.52 Å². The van der Waals surface area contributed by atoms with Crippen LogP contribution >= 0.6 is 0 Å². The van der Waals surface area contributed by atoms with Crippen LogP contribution in [0.4, 0.5) is 10.1 Å². The van der Waals surface area contributed by atoms with Crippen molar-refractivity contribution < 1.29 is 31.1 Å². The van der Waals surface area contributed by atoms with Gasteiger partial charge in [0, 0.05) is 0 Å². The van der Waals surface area contributed by atoms with Crippen molar-refractivity contribution in [3.8, 4) is 0 Å². The van der Waals surface area contributed by atoms with Gasteiger partial charge >= 0.3 is 5.97 Å². The SMILES string of the molecule is CCCS(=O)(=O)Nc1ccc(S(=O)(=O)NC(C(=O)O)C(C)C)cc1F. The molecule has 0 radical (unpaired) electrons. The summed E-state index contributed by atoms with van der Waals surface area (Å²) in [7, 11) is -8.02. The van der Waals surface area contributed by atoms with Gasteiger partial charge in [-0.1, -0.05) is 20.8 Å². The molecule has 0 amide bonds. The molecule has 0 aliphatic rings. The van der Waals surface area contributed by atoms with Gasteiger partial charge in [0.05, 0.1) is 16.3 Å². The van der Waals surface area contributed by atoms with E-state index >= 15 is 0 Å². The number of anilines is 1. The summed E-state index contributed by atoms with van der Waals surface area (Å²) in [4.78, 5) is 10.6. The van der Waals surface area contributed by atoms with Crippen molar-refractivity contribution in [3.05, 3.63) is 24.0 Å². The molecule has 142 valence electrons. The number of sulfonamides is 2. The zero-order chi connectivity index (χ0) is 19.4. The molecule has 1 aromatic carbocycles. The molecule has 0 saturated carbocycles. The molecule has 8 nitrogen and oxygen atoms in total. The lowest BCUT2D eigenvalue weighted by atomic mass is 10.1. The van der Waals surface area contributed by atoms with Crippen molar-refractivity contribution in [2.45, 2.75) is 38.1 Å². The number of aliphatic carboxylic acids is 1. The van der Waals surface area contributed by atoms with Crippen molar-refractivity contribution in [2.24, 2.45) is 5.92 Å². The average molecular weight is 396 g/mol. The van der Waals surface area contributed by atoms with Gasteiger partial charge in [0.1, 0.15) is 11.9 Å². The lowest BCUT2D eigenvalue weighted by Gasteiger charge is -2.18. The first-order valence-corrected chi connectivity index (χ1v) is 10.6. The predicted molar refractivity (Wildman–Crippen MR) is 90.7 cm³/mol. The zero-order valence-electron chi connectivity index (χ0n) is 14.0. The first kappa shape index (κ1) is 21.3. The molecule has 25 heavy (non-hydrogen) atoms. The van der Waals surface area contributed by atoms with Gasteiger partial charge in [-0.05, 0) is 30.5 Å². The van der Waals surface area contributed by atoms with Gasteiger partial charge in [-0.2, -0.15) is 4.72 Å². The van der Waals surface area contributed by atoms with E-state index in [4.69, 9.17) is 5.11 Å². The summed E-state index contributed by atoms with van der Waals surface area (Å²) in [6.07, 6.45) is 0.332. The minimum Gasteiger partial charge on any atom is -0.480 e. The maximum absolute atomic E-state index is 14.1. The maximum Gasteiger partial charge on any atom is 0.322 e. The third kappa shape index (κ3) is 5.94. The third-order valence-corrected chi connectivity index (χ3v) is 6.12. The van der Waals surface area contributed by atoms with Crippen molar-refractivity contribution in [1.29, 1.82) is 0 Å². The van der Waals surface area contributed by atoms with Crippen molar-refractivity contribution in [3.63, 3.8) is 0 Å². The van der Waals surface area contributed by atoms with Crippen LogP contribution in [0.1, 0.15) is 27.2 Å². The summed E-state index contributed by atoms with van der Waals surface area (Å²) in [6, 6.07) is 1.22. The highest BCUT2D eigenvalue weighted by atomic mass is 32.2. The van der Waals surface area contributed by atoms with Crippen LogP contribution in [0, 0.1) is 11.7 Å². The standard InChI is InChI=1S/C14H21FN2O6S2/c1-4-7-24(20,21)16-12-6-5-10(8-11(12)15)25(22,23)17-13(9(2)3)14(18)19/h5-6,8-9,13,16-17H,4,7H2,1-3H3,(H,18,19). The molecule has 0 heterocycles. The topological polar surface area (TPSA) is 130 Å². The van der Waals surface area contributed by atoms with Gasteiger partial charge in [-0.15, -0.1) is 0 Å². The summed E-state index contributed by atoms with van der Waals surface area (Å²) in [6.45, 7) is 4.69. The summed E-state index contributed by atoms with van der Waals surface area (Å²) < 4.78 is 65.9. The molecule has 0 fully saturated rings. The van der Waals surface area contributed by atoms with Crippen LogP contribution in [-0.2, 0) is 24.8 Å². The van der Waals surface area contributed by atoms with Crippen molar-refractivity contribution in [1.82, 2.24) is 4.72 Å². The Balaban J connectivity index is 3.11. The van der Waals surface area contributed by atoms with Gasteiger partial charge in [0.2, 0.25) is 20.0 Å². The van der Waals surface area contributed by atoms with Crippen molar-refractivity contribution >= 4 is 31.7 Å². The Bertz CT molecular complexity index is 837. The largest absolute Gasteiger partial charge is 0.480 e. The molecular formula is C14H21FN2O6S2. The van der Waals surface area contributed by atoms with Crippen LogP contribution in [0.15, 0.2) is 23.1 Å². The molecule has 3 N–H and O–H groups in total. The van der Waals surface area contributed by atoms with Crippen LogP contribution in [0.25, 0.3) is 0 Å². The molecule has 1 unspecified atom stereocenters. The van der Waals surface area contributed by atoms with E-state index in [-0.39, 0.29) is 11.4 Å². The van der Waals surface area contributed by atoms with Gasteiger partial charge < -0.3 is 5.11 Å². The Labute approximate surface area is 146 Å². The number of benzene rings is 1. The fourth-order valence-corrected chi connectivity index (χ4v) is 4.43. The smallest absolute Gasteiger partial charge is 0.322 e. The van der Waals surface area contributed by atoms with E-state index in [0.29, 0.717) is 12.5 Å². The molecular weight excluding hydrogens is 375 g/mol. The summed E-state index contributed by atoms with van der Waals surface area (Å²) in [5, 5.41) is 9.05. The van der Waals surface area contributed by atoms with E-state index in [9.17, 15) is 26.0 Å². The van der Waals surface area contributed by atoms with E-state index in [1.54, 1.807) is 6.92 Å². The van der Waals surface area contributed by atoms with Crippen LogP contribution in [0.5, 0.6) is 0 Å². The number of carbonyl (C=O) groups is 1. The average Bonchev–Trinajstić information content (AvgIpc) is 2.46. The molecule has 0 aliphatic carbocycles. The molecule has 0 saturated heterocycles. The Morgan fingerprint density at radius 2 is 1.84 bits per heavy atom. The monoisotopic (exact) mass is 396 g/mol. The highest BCUT2D eigenvalue weighted by Gasteiger charge is 2.28. The van der Waals surface area contributed by atoms with E-state index in [2.05, 4.69) is 0 Å². The summed E-state index contributed by atoms with van der Waals surface area (Å²) in [5.74, 6) is -3.18. The number of halogens is 1. The van der Waals surface area contributed by atoms with Gasteiger partial charge in [0.15, 0.2) is 0 Å². The molecule has 11 heteroatoms. The third-order valence-electron chi connectivity index (χ3n) is 3.20. The Kier molecular flexibility index (Phi) is 6.91. The minimum atomic E-state index is -4.29. The van der Waals surface area contributed by atoms with E-state index in [0.717, 1.165) is 12.1 Å². The maximum atomic E-state index is 14.1. The Hall–Kier alpha value is -1.72. The Morgan fingerprint density at radius 3 is 2.28 bits per heavy atom. The van der Waals surface area contributed by atoms with Crippen LogP contribution in [-0.4, -0.2) is 39.7 Å². The number of hydrogen-bond acceptors (Lipinski definition) is 5. The summed E-state index contributed by atoms with van der Waals surface area (Å²) in [5.41, 5.74) is -0.383. The highest BCUT2D eigenvalue weighted by Crippen LogP contribution is 2.21. The molecule has 0 bridgehead atoms. The zero-order valence-corrected chi connectivity index (χ0v) is 15.6. The van der Waals surface area contributed by atoms with Crippen LogP contribution in [0.2, 0.25) is 0 Å². The van der Waals surface area contributed by atoms with Gasteiger partial charge in [-0.25, -0.2) is 21.2 Å². The van der Waals surface area contributed by atoms with Gasteiger partial charge in [0.25, 0.3) is 0 Å². The first-order chi connectivity index (χ1) is 11.4. The number of carboxylic acids is 1. The number of rotatable bonds is 9. The quantitative estimate of drug-likeness (QED) is 0.578. The van der Waals surface area contributed by atoms with E-state index in [1.165, 1.54) is 13.8 Å². The number of hydrogen-bond donors (Lipinski definition) is 3. The number of carboxylic acid groups (broad SMARTS) is 1. The molecule has 1 aromatic rings. The number of nitrogens with one attached hydrogen (secondary N) is 2. The molecule has 1 rings (SSSR count). The molecule has 1 atom stereocenters. The molecule has 0 aliphatic heterocycles. The van der Waals surface area contributed by atoms with Crippen LogP contribution in [0.3, 0.4) is 0 Å². The lowest BCUT2D eigenvalue weighted by Crippen LogP contribution is -2.44. The molecule has 0 spiro atoms. The van der Waals surface area contributed by atoms with E-state index < -0.39 is 48.7 Å². The minimum absolute atomic E-state index is 0.206. The fourth-order valence-electron chi connectivity index (χ4n) is 1.94. The fraction of sp³-hybridized carbons (Fsp3) is 0.500. The first-order valence-electron chi connectivity index (χ1n) is 7.44. The summed E-state index contributed by atoms with van der Waals surface area (Å²) >= 11 is 0. The Morgan fingerprint density at radius 1 is 1.24 bits per heavy atom. The van der Waals surface area contributed by atoms with Crippen molar-refractivity contribution in [2.75, 3.05) is 10.5 Å². The second-order valence-corrected chi connectivity index (χ2v) is 9.30. The van der Waals surface area contributed by atoms with Crippen LogP contribution < -0.4 is 9.44 Å².